The predicted octanol–water partition coefficient (Wildman–Crippen LogP) is 5.07. The van der Waals surface area contributed by atoms with E-state index in [0.29, 0.717) is 5.56 Å². The van der Waals surface area contributed by atoms with Crippen LogP contribution in [0.25, 0.3) is 11.0 Å². The van der Waals surface area contributed by atoms with E-state index < -0.39 is 0 Å². The number of piperidine rings is 1. The fourth-order valence-corrected chi connectivity index (χ4v) is 4.49. The molecule has 0 saturated carbocycles. The second kappa shape index (κ2) is 9.37. The number of H-pyrrole nitrogens is 1. The Kier molecular flexibility index (Phi) is 5.99. The Bertz CT molecular complexity index is 1180. The van der Waals surface area contributed by atoms with Crippen molar-refractivity contribution in [2.45, 2.75) is 31.8 Å². The van der Waals surface area contributed by atoms with Crippen molar-refractivity contribution >= 4 is 16.9 Å². The van der Waals surface area contributed by atoms with Crippen LogP contribution in [0, 0.1) is 0 Å². The van der Waals surface area contributed by atoms with Crippen LogP contribution < -0.4 is 5.32 Å². The first-order valence-electron chi connectivity index (χ1n) is 11.4. The molecule has 32 heavy (non-hydrogen) atoms. The molecule has 1 amide bonds. The lowest BCUT2D eigenvalue weighted by atomic mass is 9.97. The second-order valence-electron chi connectivity index (χ2n) is 8.53. The number of hydrogen-bond acceptors (Lipinski definition) is 3. The Balaban J connectivity index is 1.35. The van der Waals surface area contributed by atoms with E-state index in [1.165, 1.54) is 37.9 Å². The number of imidazole rings is 1. The van der Waals surface area contributed by atoms with E-state index in [9.17, 15) is 4.79 Å². The molecule has 0 bridgehead atoms. The number of benzene rings is 3. The number of fused-ring (bicyclic) bond motifs is 1. The number of carbonyl (C=O) groups excluding carboxylic acids is 1. The van der Waals surface area contributed by atoms with Crippen LogP contribution in [0.5, 0.6) is 0 Å². The van der Waals surface area contributed by atoms with Crippen LogP contribution in [-0.4, -0.2) is 33.9 Å². The highest BCUT2D eigenvalue weighted by atomic mass is 16.1. The lowest BCUT2D eigenvalue weighted by molar-refractivity contribution is 0.0943. The van der Waals surface area contributed by atoms with E-state index in [4.69, 9.17) is 0 Å². The number of nitrogens with one attached hydrogen (secondary N) is 2. The van der Waals surface area contributed by atoms with Gasteiger partial charge >= 0.3 is 0 Å². The fourth-order valence-electron chi connectivity index (χ4n) is 4.49. The monoisotopic (exact) mass is 424 g/mol. The van der Waals surface area contributed by atoms with Crippen molar-refractivity contribution in [3.63, 3.8) is 0 Å². The quantitative estimate of drug-likeness (QED) is 0.454. The van der Waals surface area contributed by atoms with Gasteiger partial charge in [-0.2, -0.15) is 0 Å². The van der Waals surface area contributed by atoms with Gasteiger partial charge in [0.15, 0.2) is 0 Å². The number of aromatic nitrogens is 2. The molecule has 4 aromatic rings. The zero-order valence-corrected chi connectivity index (χ0v) is 18.1. The van der Waals surface area contributed by atoms with Crippen LogP contribution in [0.4, 0.5) is 0 Å². The van der Waals surface area contributed by atoms with Crippen molar-refractivity contribution < 1.29 is 4.79 Å². The second-order valence-corrected chi connectivity index (χ2v) is 8.53. The van der Waals surface area contributed by atoms with Crippen molar-refractivity contribution in [2.75, 3.05) is 13.1 Å². The number of rotatable bonds is 6. The van der Waals surface area contributed by atoms with Crippen molar-refractivity contribution in [1.29, 1.82) is 0 Å². The molecule has 1 atom stereocenters. The molecule has 0 spiro atoms. The maximum absolute atomic E-state index is 13.2. The van der Waals surface area contributed by atoms with Gasteiger partial charge in [0, 0.05) is 12.1 Å². The summed E-state index contributed by atoms with van der Waals surface area (Å²) in [6.45, 7) is 3.29. The summed E-state index contributed by atoms with van der Waals surface area (Å²) in [5, 5.41) is 3.24. The average Bonchev–Trinajstić information content (AvgIpc) is 3.32. The number of likely N-dealkylation sites (tertiary alicyclic amines) is 1. The summed E-state index contributed by atoms with van der Waals surface area (Å²) in [4.78, 5) is 23.1. The topological polar surface area (TPSA) is 61.0 Å². The molecule has 162 valence electrons. The number of amides is 1. The maximum atomic E-state index is 13.2. The first-order valence-corrected chi connectivity index (χ1v) is 11.4. The SMILES string of the molecule is O=C(NC(c1ccccc1)c1ccc2nc[nH]c2c1)c1ccc(CN2CCCCC2)cc1. The third-order valence-electron chi connectivity index (χ3n) is 6.26. The van der Waals surface area contributed by atoms with Crippen molar-refractivity contribution in [3.05, 3.63) is 101 Å². The molecule has 1 aliphatic rings. The molecule has 5 rings (SSSR count). The largest absolute Gasteiger partial charge is 0.345 e. The molecular formula is C27H28N4O. The van der Waals surface area contributed by atoms with Gasteiger partial charge in [0.25, 0.3) is 5.91 Å². The highest BCUT2D eigenvalue weighted by Crippen LogP contribution is 2.25. The Labute approximate surface area is 188 Å². The van der Waals surface area contributed by atoms with Crippen molar-refractivity contribution in [2.24, 2.45) is 0 Å². The van der Waals surface area contributed by atoms with Gasteiger partial charge in [0.1, 0.15) is 0 Å². The summed E-state index contributed by atoms with van der Waals surface area (Å²) >= 11 is 0. The Morgan fingerprint density at radius 3 is 2.50 bits per heavy atom. The van der Waals surface area contributed by atoms with Gasteiger partial charge in [0.2, 0.25) is 0 Å². The van der Waals surface area contributed by atoms with Gasteiger partial charge in [-0.25, -0.2) is 4.98 Å². The minimum Gasteiger partial charge on any atom is -0.345 e. The van der Waals surface area contributed by atoms with Crippen LogP contribution in [0.2, 0.25) is 0 Å². The van der Waals surface area contributed by atoms with Crippen LogP contribution in [0.3, 0.4) is 0 Å². The molecule has 2 heterocycles. The van der Waals surface area contributed by atoms with E-state index in [1.54, 1.807) is 6.33 Å². The van der Waals surface area contributed by atoms with Crippen LogP contribution >= 0.6 is 0 Å². The summed E-state index contributed by atoms with van der Waals surface area (Å²) < 4.78 is 0. The normalized spacial score (nSPS) is 15.5. The highest BCUT2D eigenvalue weighted by molar-refractivity contribution is 5.94. The zero-order chi connectivity index (χ0) is 21.8. The summed E-state index contributed by atoms with van der Waals surface area (Å²) in [7, 11) is 0. The van der Waals surface area contributed by atoms with Crippen LogP contribution in [0.15, 0.2) is 79.1 Å². The van der Waals surface area contributed by atoms with E-state index in [0.717, 1.165) is 28.7 Å². The maximum Gasteiger partial charge on any atom is 0.252 e. The zero-order valence-electron chi connectivity index (χ0n) is 18.1. The highest BCUT2D eigenvalue weighted by Gasteiger charge is 2.19. The van der Waals surface area contributed by atoms with Crippen LogP contribution in [-0.2, 0) is 6.54 Å². The molecule has 0 radical (unpaired) electrons. The van der Waals surface area contributed by atoms with Gasteiger partial charge in [0.05, 0.1) is 23.4 Å². The number of hydrogen-bond donors (Lipinski definition) is 2. The Hall–Kier alpha value is -3.44. The molecule has 5 nitrogen and oxygen atoms in total. The van der Waals surface area contributed by atoms with Gasteiger partial charge < -0.3 is 10.3 Å². The molecule has 0 aliphatic carbocycles. The minimum atomic E-state index is -0.246. The molecule has 5 heteroatoms. The molecule has 2 N–H and O–H groups in total. The Morgan fingerprint density at radius 1 is 0.938 bits per heavy atom. The molecule has 1 unspecified atom stereocenters. The fraction of sp³-hybridized carbons (Fsp3) is 0.259. The molecular weight excluding hydrogens is 396 g/mol. The van der Waals surface area contributed by atoms with Crippen molar-refractivity contribution in [1.82, 2.24) is 20.2 Å². The number of carbonyl (C=O) groups is 1. The number of aromatic amines is 1. The first-order chi connectivity index (χ1) is 15.8. The lowest BCUT2D eigenvalue weighted by Gasteiger charge is -2.26. The third-order valence-corrected chi connectivity index (χ3v) is 6.26. The minimum absolute atomic E-state index is 0.0758. The lowest BCUT2D eigenvalue weighted by Crippen LogP contribution is -2.30. The summed E-state index contributed by atoms with van der Waals surface area (Å²) in [5.41, 5.74) is 5.86. The van der Waals surface area contributed by atoms with Crippen molar-refractivity contribution in [3.8, 4) is 0 Å². The van der Waals surface area contributed by atoms with Gasteiger partial charge in [-0.05, 0) is 66.9 Å². The molecule has 1 saturated heterocycles. The standard InChI is InChI=1S/C27H28N4O/c32-27(22-11-9-20(10-12-22)18-31-15-5-2-6-16-31)30-26(21-7-3-1-4-8-21)23-13-14-24-25(17-23)29-19-28-24/h1,3-4,7-14,17,19,26H,2,5-6,15-16,18H2,(H,28,29)(H,30,32). The first kappa shape index (κ1) is 20.5. The Morgan fingerprint density at radius 2 is 1.72 bits per heavy atom. The van der Waals surface area contributed by atoms with E-state index in [2.05, 4.69) is 38.4 Å². The molecule has 3 aromatic carbocycles. The third kappa shape index (κ3) is 4.58. The predicted molar refractivity (Wildman–Crippen MR) is 127 cm³/mol. The van der Waals surface area contributed by atoms with E-state index in [-0.39, 0.29) is 11.9 Å². The van der Waals surface area contributed by atoms with Gasteiger partial charge in [-0.3, -0.25) is 9.69 Å². The number of nitrogens with zero attached hydrogens (tertiary/aromatic N) is 2. The van der Waals surface area contributed by atoms with Crippen LogP contribution in [0.1, 0.15) is 52.4 Å². The molecule has 1 fully saturated rings. The summed E-state index contributed by atoms with van der Waals surface area (Å²) in [6, 6.07) is 23.9. The van der Waals surface area contributed by atoms with Gasteiger partial charge in [-0.15, -0.1) is 0 Å². The molecule has 1 aliphatic heterocycles. The molecule has 1 aromatic heterocycles. The van der Waals surface area contributed by atoms with E-state index in [1.807, 2.05) is 54.6 Å². The van der Waals surface area contributed by atoms with Gasteiger partial charge in [-0.1, -0.05) is 55.0 Å². The van der Waals surface area contributed by atoms with E-state index >= 15 is 0 Å². The summed E-state index contributed by atoms with van der Waals surface area (Å²) in [5.74, 6) is -0.0758. The average molecular weight is 425 g/mol. The smallest absolute Gasteiger partial charge is 0.252 e. The summed E-state index contributed by atoms with van der Waals surface area (Å²) in [6.07, 6.45) is 5.60.